The summed E-state index contributed by atoms with van der Waals surface area (Å²) >= 11 is 0. The fourth-order valence-corrected chi connectivity index (χ4v) is 1.76. The lowest BCUT2D eigenvalue weighted by atomic mass is 10.2. The number of amides is 2. The highest BCUT2D eigenvalue weighted by molar-refractivity contribution is 5.94. The molecule has 1 fully saturated rings. The minimum absolute atomic E-state index is 0. The van der Waals surface area contributed by atoms with Crippen LogP contribution in [0.25, 0.3) is 0 Å². The monoisotopic (exact) mass is 297 g/mol. The third-order valence-electron chi connectivity index (χ3n) is 2.96. The van der Waals surface area contributed by atoms with Gasteiger partial charge < -0.3 is 16.4 Å². The second-order valence-corrected chi connectivity index (χ2v) is 4.83. The highest BCUT2D eigenvalue weighted by atomic mass is 35.5. The highest BCUT2D eigenvalue weighted by Crippen LogP contribution is 2.18. The number of carbonyl (C=O) groups is 2. The molecular weight excluding hydrogens is 278 g/mol. The fraction of sp³-hybridized carbons (Fsp3) is 0.429. The summed E-state index contributed by atoms with van der Waals surface area (Å²) in [4.78, 5) is 23.2. The molecule has 1 aliphatic rings. The molecule has 0 heterocycles. The molecule has 1 aromatic rings. The standard InChI is InChI=1S/C14H19N3O2.ClH/c15-11-4-1-3-10(9-11)14(19)16-8-2-5-13(18)17-12-6-7-12;/h1,3-4,9,12H,2,5-8,15H2,(H,16,19)(H,17,18);1H. The zero-order chi connectivity index (χ0) is 13.7. The van der Waals surface area contributed by atoms with Crippen LogP contribution in [0.1, 0.15) is 36.0 Å². The van der Waals surface area contributed by atoms with Gasteiger partial charge in [0.05, 0.1) is 0 Å². The molecule has 4 N–H and O–H groups in total. The van der Waals surface area contributed by atoms with Crippen LogP contribution < -0.4 is 16.4 Å². The predicted molar refractivity (Wildman–Crippen MR) is 80.8 cm³/mol. The number of nitrogens with one attached hydrogen (secondary N) is 2. The van der Waals surface area contributed by atoms with Crippen molar-refractivity contribution in [1.29, 1.82) is 0 Å². The first-order chi connectivity index (χ1) is 9.15. The predicted octanol–water partition coefficient (Wildman–Crippen LogP) is 1.48. The minimum atomic E-state index is -0.157. The summed E-state index contributed by atoms with van der Waals surface area (Å²) in [6, 6.07) is 7.22. The molecule has 1 aromatic carbocycles. The van der Waals surface area contributed by atoms with E-state index in [1.54, 1.807) is 24.3 Å². The average Bonchev–Trinajstić information content (AvgIpc) is 3.18. The van der Waals surface area contributed by atoms with Gasteiger partial charge >= 0.3 is 0 Å². The Labute approximate surface area is 124 Å². The highest BCUT2D eigenvalue weighted by Gasteiger charge is 2.22. The molecule has 5 nitrogen and oxygen atoms in total. The van der Waals surface area contributed by atoms with Gasteiger partial charge in [0.15, 0.2) is 0 Å². The Bertz CT molecular complexity index is 475. The number of hydrogen-bond donors (Lipinski definition) is 3. The Morgan fingerprint density at radius 1 is 1.30 bits per heavy atom. The molecule has 1 saturated carbocycles. The topological polar surface area (TPSA) is 84.2 Å². The number of nitrogen functional groups attached to an aromatic ring is 1. The maximum absolute atomic E-state index is 11.8. The van der Waals surface area contributed by atoms with Crippen LogP contribution in [0, 0.1) is 0 Å². The van der Waals surface area contributed by atoms with Gasteiger partial charge in [-0.3, -0.25) is 9.59 Å². The van der Waals surface area contributed by atoms with Gasteiger partial charge in [-0.1, -0.05) is 6.07 Å². The lowest BCUT2D eigenvalue weighted by Gasteiger charge is -2.06. The quantitative estimate of drug-likeness (QED) is 0.549. The summed E-state index contributed by atoms with van der Waals surface area (Å²) in [5, 5.41) is 5.69. The molecule has 2 rings (SSSR count). The number of nitrogens with two attached hydrogens (primary N) is 1. The van der Waals surface area contributed by atoms with Gasteiger partial charge in [0.2, 0.25) is 5.91 Å². The van der Waals surface area contributed by atoms with Gasteiger partial charge in [-0.05, 0) is 37.5 Å². The summed E-state index contributed by atoms with van der Waals surface area (Å²) in [6.07, 6.45) is 3.29. The third-order valence-corrected chi connectivity index (χ3v) is 2.96. The molecule has 2 amide bonds. The maximum Gasteiger partial charge on any atom is 0.251 e. The first-order valence-corrected chi connectivity index (χ1v) is 6.58. The van der Waals surface area contributed by atoms with E-state index in [0.29, 0.717) is 36.7 Å². The van der Waals surface area contributed by atoms with E-state index < -0.39 is 0 Å². The Hall–Kier alpha value is -1.75. The Balaban J connectivity index is 0.00000200. The van der Waals surface area contributed by atoms with Crippen LogP contribution in [0.4, 0.5) is 5.69 Å². The number of anilines is 1. The maximum atomic E-state index is 11.8. The first-order valence-electron chi connectivity index (χ1n) is 6.58. The van der Waals surface area contributed by atoms with E-state index in [1.165, 1.54) is 0 Å². The summed E-state index contributed by atoms with van der Waals surface area (Å²) in [6.45, 7) is 0.492. The lowest BCUT2D eigenvalue weighted by molar-refractivity contribution is -0.121. The molecule has 0 aliphatic heterocycles. The van der Waals surface area contributed by atoms with Crippen molar-refractivity contribution < 1.29 is 9.59 Å². The van der Waals surface area contributed by atoms with Gasteiger partial charge in [-0.2, -0.15) is 0 Å². The van der Waals surface area contributed by atoms with Gasteiger partial charge in [0.1, 0.15) is 0 Å². The Morgan fingerprint density at radius 2 is 2.05 bits per heavy atom. The van der Waals surface area contributed by atoms with Crippen molar-refractivity contribution in [3.8, 4) is 0 Å². The van der Waals surface area contributed by atoms with Crippen molar-refractivity contribution in [1.82, 2.24) is 10.6 Å². The molecule has 0 bridgehead atoms. The van der Waals surface area contributed by atoms with Crippen LogP contribution in [0.5, 0.6) is 0 Å². The van der Waals surface area contributed by atoms with Crippen molar-refractivity contribution in [3.63, 3.8) is 0 Å². The van der Waals surface area contributed by atoms with E-state index in [0.717, 1.165) is 12.8 Å². The third kappa shape index (κ3) is 5.48. The summed E-state index contributed by atoms with van der Waals surface area (Å²) in [5.41, 5.74) is 6.72. The molecule has 0 saturated heterocycles. The Morgan fingerprint density at radius 3 is 2.70 bits per heavy atom. The zero-order valence-electron chi connectivity index (χ0n) is 11.2. The Kier molecular flexibility index (Phi) is 6.31. The van der Waals surface area contributed by atoms with E-state index in [1.807, 2.05) is 0 Å². The average molecular weight is 298 g/mol. The normalized spacial score (nSPS) is 13.2. The molecule has 1 aliphatic carbocycles. The van der Waals surface area contributed by atoms with Gasteiger partial charge in [-0.25, -0.2) is 0 Å². The van der Waals surface area contributed by atoms with Crippen molar-refractivity contribution >= 4 is 29.9 Å². The van der Waals surface area contributed by atoms with Crippen LogP contribution in [0.3, 0.4) is 0 Å². The number of halogens is 1. The van der Waals surface area contributed by atoms with Gasteiger partial charge in [-0.15, -0.1) is 12.4 Å². The first kappa shape index (κ1) is 16.3. The second kappa shape index (κ2) is 7.75. The SMILES string of the molecule is Cl.Nc1cccc(C(=O)NCCCC(=O)NC2CC2)c1. The molecule has 0 atom stereocenters. The van der Waals surface area contributed by atoms with Crippen LogP contribution in [-0.2, 0) is 4.79 Å². The van der Waals surface area contributed by atoms with Crippen LogP contribution in [0.2, 0.25) is 0 Å². The van der Waals surface area contributed by atoms with Crippen molar-refractivity contribution in [2.24, 2.45) is 0 Å². The molecule has 20 heavy (non-hydrogen) atoms. The van der Waals surface area contributed by atoms with E-state index in [9.17, 15) is 9.59 Å². The van der Waals surface area contributed by atoms with Crippen LogP contribution in [0.15, 0.2) is 24.3 Å². The molecule has 110 valence electrons. The summed E-state index contributed by atoms with van der Waals surface area (Å²) in [7, 11) is 0. The fourth-order valence-electron chi connectivity index (χ4n) is 1.76. The molecule has 0 aromatic heterocycles. The molecule has 0 radical (unpaired) electrons. The minimum Gasteiger partial charge on any atom is -0.399 e. The van der Waals surface area contributed by atoms with Crippen molar-refractivity contribution in [2.75, 3.05) is 12.3 Å². The van der Waals surface area contributed by atoms with E-state index in [4.69, 9.17) is 5.73 Å². The molecule has 6 heteroatoms. The number of hydrogen-bond acceptors (Lipinski definition) is 3. The number of rotatable bonds is 6. The number of carbonyl (C=O) groups excluding carboxylic acids is 2. The number of benzene rings is 1. The molecule has 0 unspecified atom stereocenters. The van der Waals surface area contributed by atoms with Crippen LogP contribution in [-0.4, -0.2) is 24.4 Å². The zero-order valence-corrected chi connectivity index (χ0v) is 12.0. The van der Waals surface area contributed by atoms with E-state index in [-0.39, 0.29) is 24.2 Å². The van der Waals surface area contributed by atoms with E-state index >= 15 is 0 Å². The van der Waals surface area contributed by atoms with Crippen molar-refractivity contribution in [2.45, 2.75) is 31.7 Å². The molecule has 0 spiro atoms. The van der Waals surface area contributed by atoms with E-state index in [2.05, 4.69) is 10.6 Å². The summed E-state index contributed by atoms with van der Waals surface area (Å²) in [5.74, 6) is -0.0874. The largest absolute Gasteiger partial charge is 0.399 e. The van der Waals surface area contributed by atoms with Gasteiger partial charge in [0, 0.05) is 30.3 Å². The lowest BCUT2D eigenvalue weighted by Crippen LogP contribution is -2.28. The second-order valence-electron chi connectivity index (χ2n) is 4.83. The molecular formula is C14H20ClN3O2. The van der Waals surface area contributed by atoms with Crippen LogP contribution >= 0.6 is 12.4 Å². The summed E-state index contributed by atoms with van der Waals surface area (Å²) < 4.78 is 0. The smallest absolute Gasteiger partial charge is 0.251 e. The van der Waals surface area contributed by atoms with Crippen molar-refractivity contribution in [3.05, 3.63) is 29.8 Å². The van der Waals surface area contributed by atoms with Gasteiger partial charge in [0.25, 0.3) is 5.91 Å².